The Hall–Kier alpha value is -1.88. The summed E-state index contributed by atoms with van der Waals surface area (Å²) in [5, 5.41) is 3.01. The van der Waals surface area contributed by atoms with Crippen molar-refractivity contribution in [1.82, 2.24) is 15.1 Å². The summed E-state index contributed by atoms with van der Waals surface area (Å²) in [7, 11) is 1.94. The Balaban J connectivity index is 1.67. The van der Waals surface area contributed by atoms with Gasteiger partial charge in [0.2, 0.25) is 0 Å². The molecule has 1 aliphatic heterocycles. The lowest BCUT2D eigenvalue weighted by molar-refractivity contribution is -0.135. The van der Waals surface area contributed by atoms with E-state index in [0.29, 0.717) is 13.2 Å². The smallest absolute Gasteiger partial charge is 0.323 e. The number of urea groups is 1. The minimum atomic E-state index is -0.667. The summed E-state index contributed by atoms with van der Waals surface area (Å²) in [4.78, 5) is 28.7. The van der Waals surface area contributed by atoms with Crippen molar-refractivity contribution in [2.75, 3.05) is 13.7 Å². The quantitative estimate of drug-likeness (QED) is 0.864. The summed E-state index contributed by atoms with van der Waals surface area (Å²) >= 11 is 0. The van der Waals surface area contributed by atoms with Crippen LogP contribution in [0.2, 0.25) is 0 Å². The molecule has 1 saturated carbocycles. The zero-order valence-corrected chi connectivity index (χ0v) is 14.8. The Labute approximate surface area is 144 Å². The largest absolute Gasteiger partial charge is 0.326 e. The van der Waals surface area contributed by atoms with Gasteiger partial charge in [-0.3, -0.25) is 9.69 Å². The number of rotatable bonds is 4. The highest BCUT2D eigenvalue weighted by Crippen LogP contribution is 2.38. The molecule has 1 aliphatic carbocycles. The number of nitrogens with one attached hydrogen (secondary N) is 1. The zero-order valence-electron chi connectivity index (χ0n) is 14.8. The van der Waals surface area contributed by atoms with Gasteiger partial charge in [-0.25, -0.2) is 9.69 Å². The molecule has 3 amide bonds. The van der Waals surface area contributed by atoms with Crippen molar-refractivity contribution in [2.45, 2.75) is 51.6 Å². The van der Waals surface area contributed by atoms with E-state index >= 15 is 0 Å². The first kappa shape index (κ1) is 17.0. The molecule has 2 aliphatic rings. The number of hydrogen-bond donors (Lipinski definition) is 1. The van der Waals surface area contributed by atoms with E-state index in [1.165, 1.54) is 16.0 Å². The van der Waals surface area contributed by atoms with E-state index in [1.54, 1.807) is 0 Å². The molecule has 1 heterocycles. The van der Waals surface area contributed by atoms with Crippen LogP contribution in [-0.2, 0) is 11.3 Å². The predicted molar refractivity (Wildman–Crippen MR) is 93.3 cm³/mol. The van der Waals surface area contributed by atoms with Crippen LogP contribution in [0.1, 0.15) is 43.7 Å². The SMILES string of the molecule is Cc1ccc(CN(C)CN2C(=O)NC3(CCCCC3C)C2=O)cc1. The van der Waals surface area contributed by atoms with Crippen LogP contribution in [0.25, 0.3) is 0 Å². The van der Waals surface area contributed by atoms with Gasteiger partial charge in [-0.15, -0.1) is 0 Å². The maximum Gasteiger partial charge on any atom is 0.326 e. The monoisotopic (exact) mass is 329 g/mol. The molecule has 130 valence electrons. The molecule has 24 heavy (non-hydrogen) atoms. The predicted octanol–water partition coefficient (Wildman–Crippen LogP) is 2.89. The van der Waals surface area contributed by atoms with Crippen molar-refractivity contribution in [3.8, 4) is 0 Å². The Morgan fingerprint density at radius 1 is 1.25 bits per heavy atom. The summed E-state index contributed by atoms with van der Waals surface area (Å²) in [6.45, 7) is 5.18. The molecule has 2 fully saturated rings. The van der Waals surface area contributed by atoms with Crippen molar-refractivity contribution in [1.29, 1.82) is 0 Å². The molecular weight excluding hydrogens is 302 g/mol. The van der Waals surface area contributed by atoms with Gasteiger partial charge in [-0.05, 0) is 38.3 Å². The van der Waals surface area contributed by atoms with Crippen molar-refractivity contribution in [3.63, 3.8) is 0 Å². The summed E-state index contributed by atoms with van der Waals surface area (Å²) in [6, 6.07) is 8.08. The van der Waals surface area contributed by atoms with Crippen LogP contribution in [0, 0.1) is 12.8 Å². The van der Waals surface area contributed by atoms with Gasteiger partial charge in [0.05, 0.1) is 6.67 Å². The van der Waals surface area contributed by atoms with Crippen LogP contribution < -0.4 is 5.32 Å². The van der Waals surface area contributed by atoms with E-state index in [1.807, 2.05) is 11.9 Å². The Kier molecular flexibility index (Phi) is 4.63. The van der Waals surface area contributed by atoms with Crippen LogP contribution in [0.5, 0.6) is 0 Å². The van der Waals surface area contributed by atoms with Gasteiger partial charge in [0.1, 0.15) is 5.54 Å². The number of aryl methyl sites for hydroxylation is 1. The van der Waals surface area contributed by atoms with Gasteiger partial charge in [0.15, 0.2) is 0 Å². The minimum absolute atomic E-state index is 0.0459. The molecule has 1 aromatic rings. The Morgan fingerprint density at radius 2 is 1.96 bits per heavy atom. The standard InChI is InChI=1S/C19H27N3O2/c1-14-7-9-16(10-8-14)12-21(3)13-22-17(23)19(20-18(22)24)11-5-4-6-15(19)2/h7-10,15H,4-6,11-13H2,1-3H3,(H,20,24). The van der Waals surface area contributed by atoms with E-state index in [2.05, 4.69) is 43.4 Å². The average molecular weight is 329 g/mol. The van der Waals surface area contributed by atoms with Crippen molar-refractivity contribution < 1.29 is 9.59 Å². The average Bonchev–Trinajstić information content (AvgIpc) is 2.78. The number of nitrogens with zero attached hydrogens (tertiary/aromatic N) is 2. The third kappa shape index (κ3) is 3.05. The van der Waals surface area contributed by atoms with Crippen molar-refractivity contribution >= 4 is 11.9 Å². The fourth-order valence-electron chi connectivity index (χ4n) is 3.92. The molecule has 0 aromatic heterocycles. The van der Waals surface area contributed by atoms with Gasteiger partial charge in [0, 0.05) is 6.54 Å². The van der Waals surface area contributed by atoms with Crippen LogP contribution in [0.3, 0.4) is 0 Å². The fraction of sp³-hybridized carbons (Fsp3) is 0.579. The van der Waals surface area contributed by atoms with Gasteiger partial charge >= 0.3 is 6.03 Å². The first-order chi connectivity index (χ1) is 11.4. The summed E-state index contributed by atoms with van der Waals surface area (Å²) in [5.74, 6) is 0.158. The fourth-order valence-corrected chi connectivity index (χ4v) is 3.92. The lowest BCUT2D eigenvalue weighted by atomic mass is 9.73. The molecular formula is C19H27N3O2. The third-order valence-corrected chi connectivity index (χ3v) is 5.46. The molecule has 0 bridgehead atoms. The zero-order chi connectivity index (χ0) is 17.3. The third-order valence-electron chi connectivity index (χ3n) is 5.46. The number of hydrogen-bond acceptors (Lipinski definition) is 3. The summed E-state index contributed by atoms with van der Waals surface area (Å²) in [6.07, 6.45) is 3.90. The second-order valence-corrected chi connectivity index (χ2v) is 7.42. The van der Waals surface area contributed by atoms with Gasteiger partial charge < -0.3 is 5.32 Å². The van der Waals surface area contributed by atoms with E-state index < -0.39 is 5.54 Å². The summed E-state index contributed by atoms with van der Waals surface area (Å²) in [5.41, 5.74) is 1.74. The molecule has 1 saturated heterocycles. The van der Waals surface area contributed by atoms with Crippen molar-refractivity contribution in [2.24, 2.45) is 5.92 Å². The van der Waals surface area contributed by atoms with E-state index in [0.717, 1.165) is 25.7 Å². The van der Waals surface area contributed by atoms with Gasteiger partial charge in [-0.1, -0.05) is 49.6 Å². The molecule has 5 nitrogen and oxygen atoms in total. The Morgan fingerprint density at radius 3 is 2.62 bits per heavy atom. The molecule has 3 rings (SSSR count). The molecule has 5 heteroatoms. The highest BCUT2D eigenvalue weighted by molar-refractivity contribution is 6.07. The summed E-state index contributed by atoms with van der Waals surface area (Å²) < 4.78 is 0. The van der Waals surface area contributed by atoms with Crippen molar-refractivity contribution in [3.05, 3.63) is 35.4 Å². The van der Waals surface area contributed by atoms with Crippen LogP contribution in [0.4, 0.5) is 4.79 Å². The van der Waals surface area contributed by atoms with Crippen LogP contribution in [0.15, 0.2) is 24.3 Å². The number of carbonyl (C=O) groups excluding carboxylic acids is 2. The highest BCUT2D eigenvalue weighted by Gasteiger charge is 2.54. The molecule has 0 radical (unpaired) electrons. The first-order valence-electron chi connectivity index (χ1n) is 8.80. The maximum atomic E-state index is 13.0. The van der Waals surface area contributed by atoms with Gasteiger partial charge in [0.25, 0.3) is 5.91 Å². The van der Waals surface area contributed by atoms with E-state index in [9.17, 15) is 9.59 Å². The second-order valence-electron chi connectivity index (χ2n) is 7.42. The molecule has 2 unspecified atom stereocenters. The van der Waals surface area contributed by atoms with Crippen LogP contribution >= 0.6 is 0 Å². The Bertz CT molecular complexity index is 628. The molecule has 1 aromatic carbocycles. The van der Waals surface area contributed by atoms with E-state index in [4.69, 9.17) is 0 Å². The normalized spacial score (nSPS) is 27.2. The number of benzene rings is 1. The minimum Gasteiger partial charge on any atom is -0.323 e. The number of imide groups is 1. The van der Waals surface area contributed by atoms with Gasteiger partial charge in [-0.2, -0.15) is 0 Å². The molecule has 1 spiro atoms. The van der Waals surface area contributed by atoms with Crippen LogP contribution in [-0.4, -0.2) is 41.0 Å². The molecule has 1 N–H and O–H groups in total. The lowest BCUT2D eigenvalue weighted by Crippen LogP contribution is -2.54. The number of carbonyl (C=O) groups is 2. The molecule has 2 atom stereocenters. The first-order valence-corrected chi connectivity index (χ1v) is 8.80. The van der Waals surface area contributed by atoms with E-state index in [-0.39, 0.29) is 17.9 Å². The highest BCUT2D eigenvalue weighted by atomic mass is 16.2. The number of amides is 3. The second kappa shape index (κ2) is 6.55. The lowest BCUT2D eigenvalue weighted by Gasteiger charge is -2.37. The topological polar surface area (TPSA) is 52.6 Å². The maximum absolute atomic E-state index is 13.0.